The van der Waals surface area contributed by atoms with E-state index in [4.69, 9.17) is 11.2 Å². The lowest BCUT2D eigenvalue weighted by molar-refractivity contribution is -0.145. The molecule has 0 aliphatic rings. The second-order valence-corrected chi connectivity index (χ2v) is 3.31. The van der Waals surface area contributed by atoms with Gasteiger partial charge < -0.3 is 4.74 Å². The van der Waals surface area contributed by atoms with Crippen LogP contribution in [0.1, 0.15) is 20.8 Å². The monoisotopic (exact) mass is 179 g/mol. The summed E-state index contributed by atoms with van der Waals surface area (Å²) in [6, 6.07) is 0. The lowest BCUT2D eigenvalue weighted by Gasteiger charge is -2.18. The Morgan fingerprint density at radius 3 is 2.46 bits per heavy atom. The standard InChI is InChI=1S/C10H13NO2/c1-6-8(11-7-2)9(12)13-10(3,4)5/h1,7H,2H2,3-5H3. The van der Waals surface area contributed by atoms with Gasteiger partial charge in [0.1, 0.15) is 5.60 Å². The largest absolute Gasteiger partial charge is 0.455 e. The highest BCUT2D eigenvalue weighted by atomic mass is 16.6. The zero-order valence-corrected chi connectivity index (χ0v) is 8.13. The number of esters is 1. The van der Waals surface area contributed by atoms with Crippen molar-refractivity contribution >= 4 is 11.7 Å². The predicted molar refractivity (Wildman–Crippen MR) is 52.3 cm³/mol. The summed E-state index contributed by atoms with van der Waals surface area (Å²) in [5.74, 6) is 1.53. The molecule has 3 nitrogen and oxygen atoms in total. The van der Waals surface area contributed by atoms with Gasteiger partial charge in [-0.05, 0) is 26.7 Å². The summed E-state index contributed by atoms with van der Waals surface area (Å²) in [6.07, 6.45) is 6.26. The molecule has 70 valence electrons. The van der Waals surface area contributed by atoms with Gasteiger partial charge in [0.2, 0.25) is 0 Å². The molecule has 0 aliphatic carbocycles. The van der Waals surface area contributed by atoms with Gasteiger partial charge >= 0.3 is 5.97 Å². The summed E-state index contributed by atoms with van der Waals surface area (Å²) in [5.41, 5.74) is -0.625. The summed E-state index contributed by atoms with van der Waals surface area (Å²) in [4.78, 5) is 14.8. The fourth-order valence-electron chi connectivity index (χ4n) is 0.567. The zero-order valence-electron chi connectivity index (χ0n) is 8.13. The van der Waals surface area contributed by atoms with E-state index < -0.39 is 11.6 Å². The molecule has 0 amide bonds. The number of hydrogen-bond donors (Lipinski definition) is 0. The normalized spacial score (nSPS) is 11.7. The average molecular weight is 179 g/mol. The molecule has 3 heteroatoms. The first-order valence-electron chi connectivity index (χ1n) is 3.79. The van der Waals surface area contributed by atoms with E-state index in [-0.39, 0.29) is 5.71 Å². The molecular formula is C10H13NO2. The van der Waals surface area contributed by atoms with Crippen LogP contribution >= 0.6 is 0 Å². The molecule has 0 aromatic heterocycles. The van der Waals surface area contributed by atoms with Crippen LogP contribution in [-0.2, 0) is 9.53 Å². The highest BCUT2D eigenvalue weighted by Gasteiger charge is 2.19. The Kier molecular flexibility index (Phi) is 3.93. The van der Waals surface area contributed by atoms with Gasteiger partial charge in [0, 0.05) is 6.20 Å². The Labute approximate surface area is 78.5 Å². The van der Waals surface area contributed by atoms with Gasteiger partial charge in [-0.25, -0.2) is 9.79 Å². The number of nitrogens with zero attached hydrogens (tertiary/aromatic N) is 1. The third-order valence-electron chi connectivity index (χ3n) is 0.949. The van der Waals surface area contributed by atoms with Crippen molar-refractivity contribution < 1.29 is 9.53 Å². The number of carbonyl (C=O) groups excluding carboxylic acids is 1. The molecule has 0 atom stereocenters. The minimum atomic E-state index is -0.602. The van der Waals surface area contributed by atoms with Crippen LogP contribution in [0.2, 0.25) is 0 Å². The van der Waals surface area contributed by atoms with Crippen molar-refractivity contribution in [3.63, 3.8) is 0 Å². The second-order valence-electron chi connectivity index (χ2n) is 3.31. The Hall–Kier alpha value is -1.56. The molecule has 0 radical (unpaired) electrons. The van der Waals surface area contributed by atoms with Crippen LogP contribution in [0.5, 0.6) is 0 Å². The lowest BCUT2D eigenvalue weighted by Crippen LogP contribution is -2.28. The first-order valence-corrected chi connectivity index (χ1v) is 3.79. The van der Waals surface area contributed by atoms with Gasteiger partial charge in [-0.3, -0.25) is 0 Å². The molecule has 0 bridgehead atoms. The summed E-state index contributed by atoms with van der Waals surface area (Å²) in [5, 5.41) is 0. The SMILES string of the molecule is C#CC(=NC=C)C(=O)OC(C)(C)C. The van der Waals surface area contributed by atoms with E-state index in [9.17, 15) is 4.79 Å². The first kappa shape index (κ1) is 11.4. The second kappa shape index (κ2) is 4.46. The van der Waals surface area contributed by atoms with Crippen LogP contribution in [0.4, 0.5) is 0 Å². The van der Waals surface area contributed by atoms with Crippen molar-refractivity contribution in [1.82, 2.24) is 0 Å². The maximum atomic E-state index is 11.2. The van der Waals surface area contributed by atoms with Gasteiger partial charge in [-0.2, -0.15) is 0 Å². The molecule has 13 heavy (non-hydrogen) atoms. The number of rotatable bonds is 2. The fraction of sp³-hybridized carbons (Fsp3) is 0.400. The maximum Gasteiger partial charge on any atom is 0.366 e. The van der Waals surface area contributed by atoms with Crippen molar-refractivity contribution in [3.05, 3.63) is 12.8 Å². The molecule has 0 aliphatic heterocycles. The summed E-state index contributed by atoms with van der Waals surface area (Å²) in [7, 11) is 0. The van der Waals surface area contributed by atoms with Crippen molar-refractivity contribution in [1.29, 1.82) is 0 Å². The van der Waals surface area contributed by atoms with Gasteiger partial charge in [0.05, 0.1) is 0 Å². The quantitative estimate of drug-likeness (QED) is 0.366. The van der Waals surface area contributed by atoms with Crippen LogP contribution in [0.3, 0.4) is 0 Å². The Bertz CT molecular complexity index is 276. The lowest BCUT2D eigenvalue weighted by atomic mass is 10.2. The number of ether oxygens (including phenoxy) is 1. The van der Waals surface area contributed by atoms with E-state index in [1.165, 1.54) is 6.20 Å². The summed E-state index contributed by atoms with van der Waals surface area (Å²) >= 11 is 0. The number of aliphatic imine (C=N–C) groups is 1. The molecule has 0 aromatic rings. The van der Waals surface area contributed by atoms with E-state index >= 15 is 0 Å². The van der Waals surface area contributed by atoms with Crippen molar-refractivity contribution in [3.8, 4) is 12.3 Å². The maximum absolute atomic E-state index is 11.2. The predicted octanol–water partition coefficient (Wildman–Crippen LogP) is 1.55. The van der Waals surface area contributed by atoms with E-state index in [1.54, 1.807) is 20.8 Å². The molecular weight excluding hydrogens is 166 g/mol. The smallest absolute Gasteiger partial charge is 0.366 e. The van der Waals surface area contributed by atoms with Gasteiger partial charge in [-0.15, -0.1) is 6.42 Å². The summed E-state index contributed by atoms with van der Waals surface area (Å²) < 4.78 is 4.98. The van der Waals surface area contributed by atoms with Crippen LogP contribution in [0.15, 0.2) is 17.8 Å². The van der Waals surface area contributed by atoms with Crippen LogP contribution < -0.4 is 0 Å². The molecule has 0 saturated carbocycles. The number of hydrogen-bond acceptors (Lipinski definition) is 3. The van der Waals surface area contributed by atoms with Crippen LogP contribution in [0.25, 0.3) is 0 Å². The molecule has 0 saturated heterocycles. The number of terminal acetylenes is 1. The van der Waals surface area contributed by atoms with Crippen LogP contribution in [0, 0.1) is 12.3 Å². The Morgan fingerprint density at radius 1 is 1.62 bits per heavy atom. The molecule has 0 rings (SSSR count). The topological polar surface area (TPSA) is 38.7 Å². The number of carbonyl (C=O) groups is 1. The average Bonchev–Trinajstić information content (AvgIpc) is 1.96. The van der Waals surface area contributed by atoms with E-state index in [2.05, 4.69) is 17.5 Å². The van der Waals surface area contributed by atoms with Gasteiger partial charge in [0.25, 0.3) is 0 Å². The molecule has 0 spiro atoms. The Morgan fingerprint density at radius 2 is 2.15 bits per heavy atom. The van der Waals surface area contributed by atoms with E-state index in [0.717, 1.165) is 0 Å². The highest BCUT2D eigenvalue weighted by molar-refractivity contribution is 6.43. The minimum absolute atomic E-state index is 0.0649. The van der Waals surface area contributed by atoms with E-state index in [0.29, 0.717) is 0 Å². The molecule has 0 N–H and O–H groups in total. The molecule has 0 unspecified atom stereocenters. The Balaban J connectivity index is 4.53. The highest BCUT2D eigenvalue weighted by Crippen LogP contribution is 2.07. The van der Waals surface area contributed by atoms with Crippen molar-refractivity contribution in [2.75, 3.05) is 0 Å². The summed E-state index contributed by atoms with van der Waals surface area (Å²) in [6.45, 7) is 8.61. The van der Waals surface area contributed by atoms with Gasteiger partial charge in [0.15, 0.2) is 5.71 Å². The third-order valence-corrected chi connectivity index (χ3v) is 0.949. The minimum Gasteiger partial charge on any atom is -0.455 e. The third kappa shape index (κ3) is 4.81. The van der Waals surface area contributed by atoms with Crippen molar-refractivity contribution in [2.24, 2.45) is 4.99 Å². The zero-order chi connectivity index (χ0) is 10.5. The molecule has 0 aromatic carbocycles. The fourth-order valence-corrected chi connectivity index (χ4v) is 0.567. The van der Waals surface area contributed by atoms with Crippen molar-refractivity contribution in [2.45, 2.75) is 26.4 Å². The first-order chi connectivity index (χ1) is 5.90. The molecule has 0 heterocycles. The van der Waals surface area contributed by atoms with Crippen LogP contribution in [-0.4, -0.2) is 17.3 Å². The van der Waals surface area contributed by atoms with E-state index in [1.807, 2.05) is 0 Å². The van der Waals surface area contributed by atoms with Gasteiger partial charge in [-0.1, -0.05) is 6.58 Å². The molecule has 0 fully saturated rings.